The minimum atomic E-state index is -0.141. The largest absolute Gasteiger partial charge is 0.492 e. The number of rotatable bonds is 5. The molecule has 0 spiro atoms. The van der Waals surface area contributed by atoms with Gasteiger partial charge in [-0.3, -0.25) is 9.47 Å². The Bertz CT molecular complexity index is 933. The van der Waals surface area contributed by atoms with Gasteiger partial charge < -0.3 is 9.47 Å². The van der Waals surface area contributed by atoms with Gasteiger partial charge in [-0.25, -0.2) is 0 Å². The van der Waals surface area contributed by atoms with Crippen LogP contribution in [0.1, 0.15) is 23.9 Å². The lowest BCUT2D eigenvalue weighted by atomic mass is 10.2. The van der Waals surface area contributed by atoms with Crippen molar-refractivity contribution in [1.29, 1.82) is 0 Å². The Morgan fingerprint density at radius 2 is 1.93 bits per heavy atom. The number of aryl methyl sites for hydroxylation is 2. The molecule has 0 unspecified atom stereocenters. The molecular weight excluding hydrogens is 448 g/mol. The van der Waals surface area contributed by atoms with E-state index in [1.54, 1.807) is 12.1 Å². The van der Waals surface area contributed by atoms with Gasteiger partial charge in [0.2, 0.25) is 0 Å². The number of hydrogen-bond donors (Lipinski definition) is 0. The zero-order valence-electron chi connectivity index (χ0n) is 15.4. The van der Waals surface area contributed by atoms with Crippen LogP contribution < -0.4 is 14.5 Å². The summed E-state index contributed by atoms with van der Waals surface area (Å²) in [5.41, 5.74) is 2.74. The maximum Gasteiger partial charge on any atom is 0.285 e. The van der Waals surface area contributed by atoms with Gasteiger partial charge in [0, 0.05) is 11.4 Å². The topological polar surface area (TPSA) is 43.7 Å². The molecule has 0 atom stereocenters. The molecular formula is C19H19BrN2O3S2. The summed E-state index contributed by atoms with van der Waals surface area (Å²) in [4.78, 5) is 13.6. The van der Waals surface area contributed by atoms with Crippen LogP contribution in [0.4, 0.5) is 0 Å². The Hall–Kier alpha value is -1.77. The van der Waals surface area contributed by atoms with Gasteiger partial charge in [0.15, 0.2) is 15.8 Å². The van der Waals surface area contributed by atoms with Crippen LogP contribution in [-0.4, -0.2) is 28.6 Å². The van der Waals surface area contributed by atoms with Gasteiger partial charge in [0.1, 0.15) is 0 Å². The van der Waals surface area contributed by atoms with E-state index in [0.717, 1.165) is 21.4 Å². The van der Waals surface area contributed by atoms with Crippen molar-refractivity contribution in [2.75, 3.05) is 18.7 Å². The zero-order chi connectivity index (χ0) is 19.7. The number of hydrogen-bond acceptors (Lipinski definition) is 5. The standard InChI is InChI=1S/C19H19BrN2O3S2/c1-5-25-15-9-13(8-14(20)17(15)24-4)10-16-18(23)22(19(26)27-16)21-11(2)6-7-12(21)3/h6-10H,5H2,1-4H3/b16-10+. The lowest BCUT2D eigenvalue weighted by Crippen LogP contribution is -2.39. The van der Waals surface area contributed by atoms with Crippen LogP contribution >= 0.6 is 39.9 Å². The molecule has 0 N–H and O–H groups in total. The van der Waals surface area contributed by atoms with Gasteiger partial charge in [-0.05, 0) is 84.8 Å². The highest BCUT2D eigenvalue weighted by Crippen LogP contribution is 2.39. The predicted octanol–water partition coefficient (Wildman–Crippen LogP) is 4.81. The van der Waals surface area contributed by atoms with Crippen LogP contribution in [0.5, 0.6) is 11.5 Å². The number of nitrogens with zero attached hydrogens (tertiary/aromatic N) is 2. The van der Waals surface area contributed by atoms with E-state index in [1.165, 1.54) is 11.8 Å². The van der Waals surface area contributed by atoms with Gasteiger partial charge in [0.05, 0.1) is 23.1 Å². The minimum absolute atomic E-state index is 0.141. The summed E-state index contributed by atoms with van der Waals surface area (Å²) in [6, 6.07) is 7.67. The summed E-state index contributed by atoms with van der Waals surface area (Å²) in [5, 5.41) is 1.54. The molecule has 1 saturated heterocycles. The van der Waals surface area contributed by atoms with E-state index in [2.05, 4.69) is 15.9 Å². The molecule has 0 bridgehead atoms. The molecule has 0 saturated carbocycles. The molecule has 5 nitrogen and oxygen atoms in total. The number of methoxy groups -OCH3 is 1. The molecule has 0 aliphatic carbocycles. The summed E-state index contributed by atoms with van der Waals surface area (Å²) < 4.78 is 14.2. The molecule has 27 heavy (non-hydrogen) atoms. The Morgan fingerprint density at radius 3 is 2.52 bits per heavy atom. The summed E-state index contributed by atoms with van der Waals surface area (Å²) in [5.74, 6) is 1.10. The van der Waals surface area contributed by atoms with Crippen molar-refractivity contribution < 1.29 is 14.3 Å². The molecule has 1 aromatic heterocycles. The molecule has 1 aliphatic heterocycles. The Balaban J connectivity index is 1.99. The van der Waals surface area contributed by atoms with E-state index in [0.29, 0.717) is 27.3 Å². The van der Waals surface area contributed by atoms with Crippen LogP contribution in [0, 0.1) is 13.8 Å². The van der Waals surface area contributed by atoms with E-state index < -0.39 is 0 Å². The van der Waals surface area contributed by atoms with E-state index >= 15 is 0 Å². The van der Waals surface area contributed by atoms with Gasteiger partial charge >= 0.3 is 0 Å². The number of thioether (sulfide) groups is 1. The first kappa shape index (κ1) is 20.0. The van der Waals surface area contributed by atoms with Crippen molar-refractivity contribution in [3.8, 4) is 11.5 Å². The second-order valence-electron chi connectivity index (χ2n) is 5.89. The average Bonchev–Trinajstić information content (AvgIpc) is 3.07. The molecule has 3 rings (SSSR count). The number of aromatic nitrogens is 1. The fourth-order valence-electron chi connectivity index (χ4n) is 2.89. The second kappa shape index (κ2) is 8.08. The van der Waals surface area contributed by atoms with Crippen molar-refractivity contribution in [3.63, 3.8) is 0 Å². The summed E-state index contributed by atoms with van der Waals surface area (Å²) in [6.07, 6.45) is 1.82. The van der Waals surface area contributed by atoms with Gasteiger partial charge in [0.25, 0.3) is 5.91 Å². The highest BCUT2D eigenvalue weighted by atomic mass is 79.9. The number of ether oxygens (including phenoxy) is 2. The second-order valence-corrected chi connectivity index (χ2v) is 8.42. The first-order valence-corrected chi connectivity index (χ1v) is 10.3. The zero-order valence-corrected chi connectivity index (χ0v) is 18.6. The molecule has 0 radical (unpaired) electrons. The normalized spacial score (nSPS) is 15.7. The van der Waals surface area contributed by atoms with Crippen LogP contribution in [0.2, 0.25) is 0 Å². The Labute approximate surface area is 176 Å². The van der Waals surface area contributed by atoms with E-state index in [-0.39, 0.29) is 5.91 Å². The lowest BCUT2D eigenvalue weighted by molar-refractivity contribution is -0.114. The molecule has 1 fully saturated rings. The molecule has 1 amide bonds. The number of carbonyl (C=O) groups excluding carboxylic acids is 1. The first-order chi connectivity index (χ1) is 12.9. The smallest absolute Gasteiger partial charge is 0.285 e. The van der Waals surface area contributed by atoms with Gasteiger partial charge in [-0.1, -0.05) is 11.8 Å². The monoisotopic (exact) mass is 466 g/mol. The summed E-state index contributed by atoms with van der Waals surface area (Å²) in [7, 11) is 1.59. The molecule has 1 aromatic carbocycles. The van der Waals surface area contributed by atoms with Gasteiger partial charge in [-0.15, -0.1) is 0 Å². The van der Waals surface area contributed by atoms with E-state index in [9.17, 15) is 4.79 Å². The van der Waals surface area contributed by atoms with Crippen LogP contribution in [0.25, 0.3) is 6.08 Å². The Morgan fingerprint density at radius 1 is 1.26 bits per heavy atom. The van der Waals surface area contributed by atoms with Crippen LogP contribution in [-0.2, 0) is 4.79 Å². The Kier molecular flexibility index (Phi) is 5.98. The maximum atomic E-state index is 13.0. The minimum Gasteiger partial charge on any atom is -0.492 e. The van der Waals surface area contributed by atoms with E-state index in [1.807, 2.05) is 55.8 Å². The SMILES string of the molecule is CCOc1cc(/C=C2/SC(=S)N(n3c(C)ccc3C)C2=O)cc(Br)c1OC. The fourth-order valence-corrected chi connectivity index (χ4v) is 4.76. The number of thiocarbonyl (C=S) groups is 1. The number of halogens is 1. The molecule has 142 valence electrons. The van der Waals surface area contributed by atoms with E-state index in [4.69, 9.17) is 21.7 Å². The van der Waals surface area contributed by atoms with Crippen molar-refractivity contribution in [2.24, 2.45) is 0 Å². The first-order valence-electron chi connectivity index (χ1n) is 8.30. The number of carbonyl (C=O) groups is 1. The maximum absolute atomic E-state index is 13.0. The average molecular weight is 467 g/mol. The summed E-state index contributed by atoms with van der Waals surface area (Å²) in [6.45, 7) is 6.32. The highest BCUT2D eigenvalue weighted by Gasteiger charge is 2.34. The highest BCUT2D eigenvalue weighted by molar-refractivity contribution is 9.10. The lowest BCUT2D eigenvalue weighted by Gasteiger charge is -2.20. The summed E-state index contributed by atoms with van der Waals surface area (Å²) >= 11 is 10.3. The predicted molar refractivity (Wildman–Crippen MR) is 117 cm³/mol. The molecule has 1 aliphatic rings. The van der Waals surface area contributed by atoms with Gasteiger partial charge in [-0.2, -0.15) is 5.01 Å². The van der Waals surface area contributed by atoms with Crippen LogP contribution in [0.3, 0.4) is 0 Å². The van der Waals surface area contributed by atoms with Crippen molar-refractivity contribution in [2.45, 2.75) is 20.8 Å². The van der Waals surface area contributed by atoms with Crippen molar-refractivity contribution in [3.05, 3.63) is 50.6 Å². The number of benzene rings is 1. The van der Waals surface area contributed by atoms with Crippen LogP contribution in [0.15, 0.2) is 33.6 Å². The molecule has 8 heteroatoms. The third-order valence-corrected chi connectivity index (χ3v) is 5.91. The fraction of sp³-hybridized carbons (Fsp3) is 0.263. The molecule has 2 aromatic rings. The number of amides is 1. The third kappa shape index (κ3) is 3.79. The molecule has 2 heterocycles. The van der Waals surface area contributed by atoms with Crippen molar-refractivity contribution >= 4 is 56.2 Å². The third-order valence-electron chi connectivity index (χ3n) is 4.04. The quantitative estimate of drug-likeness (QED) is 0.467. The van der Waals surface area contributed by atoms with Crippen molar-refractivity contribution in [1.82, 2.24) is 4.68 Å².